The molecular weight excluding hydrogens is 449 g/mol. The van der Waals surface area contributed by atoms with Gasteiger partial charge in [-0.2, -0.15) is 0 Å². The standard InChI is InChI=1S/C24H27NO2.ClH2O3P/c1-2-3-9-17-27-24(26)23(18-19-11-5-4-6-12-19)25-22-16-10-14-20-13-7-8-15-21(20)22;1-5(2,3)4/h4-8,10-16,23,25H,2-3,9,17-18H2,1H3;(H2,2,3,4). The molecule has 0 saturated heterocycles. The molecule has 0 saturated carbocycles. The van der Waals surface area contributed by atoms with E-state index in [4.69, 9.17) is 19.1 Å². The fourth-order valence-corrected chi connectivity index (χ4v) is 3.21. The first kappa shape index (κ1) is 25.9. The number of esters is 1. The summed E-state index contributed by atoms with van der Waals surface area (Å²) < 4.78 is 14.7. The van der Waals surface area contributed by atoms with E-state index in [1.165, 1.54) is 0 Å². The van der Waals surface area contributed by atoms with Gasteiger partial charge in [0.2, 0.25) is 0 Å². The van der Waals surface area contributed by atoms with E-state index in [0.717, 1.165) is 41.3 Å². The van der Waals surface area contributed by atoms with E-state index >= 15 is 0 Å². The van der Waals surface area contributed by atoms with E-state index < -0.39 is 13.0 Å². The van der Waals surface area contributed by atoms with Crippen molar-refractivity contribution in [1.29, 1.82) is 0 Å². The number of benzene rings is 3. The molecule has 32 heavy (non-hydrogen) atoms. The molecule has 3 rings (SSSR count). The van der Waals surface area contributed by atoms with Crippen LogP contribution in [-0.2, 0) is 20.5 Å². The zero-order chi connectivity index (χ0) is 23.4. The fourth-order valence-electron chi connectivity index (χ4n) is 3.21. The van der Waals surface area contributed by atoms with Gasteiger partial charge in [0.15, 0.2) is 0 Å². The van der Waals surface area contributed by atoms with Crippen molar-refractivity contribution in [2.45, 2.75) is 38.6 Å². The molecule has 3 N–H and O–H groups in total. The van der Waals surface area contributed by atoms with Gasteiger partial charge in [-0.05, 0) is 23.4 Å². The number of nitrogens with one attached hydrogen (secondary N) is 1. The van der Waals surface area contributed by atoms with E-state index in [-0.39, 0.29) is 5.97 Å². The van der Waals surface area contributed by atoms with E-state index in [1.807, 2.05) is 54.6 Å². The maximum Gasteiger partial charge on any atom is 0.419 e. The average molecular weight is 478 g/mol. The van der Waals surface area contributed by atoms with Crippen LogP contribution in [0.4, 0.5) is 5.69 Å². The van der Waals surface area contributed by atoms with Crippen LogP contribution in [0.15, 0.2) is 72.8 Å². The SMILES string of the molecule is CCCCCOC(=O)C(Cc1ccccc1)Nc1cccc2ccccc12.O=P(O)(O)Cl. The van der Waals surface area contributed by atoms with Gasteiger partial charge in [-0.1, -0.05) is 86.5 Å². The van der Waals surface area contributed by atoms with Crippen molar-refractivity contribution in [2.75, 3.05) is 11.9 Å². The highest BCUT2D eigenvalue weighted by Crippen LogP contribution is 2.39. The molecule has 0 aromatic heterocycles. The minimum Gasteiger partial charge on any atom is -0.464 e. The third-order valence-electron chi connectivity index (χ3n) is 4.68. The van der Waals surface area contributed by atoms with Gasteiger partial charge < -0.3 is 19.8 Å². The van der Waals surface area contributed by atoms with Crippen LogP contribution in [0.25, 0.3) is 10.8 Å². The molecule has 6 nitrogen and oxygen atoms in total. The highest BCUT2D eigenvalue weighted by atomic mass is 35.7. The molecule has 0 fully saturated rings. The Balaban J connectivity index is 0.000000654. The zero-order valence-corrected chi connectivity index (χ0v) is 19.6. The van der Waals surface area contributed by atoms with Gasteiger partial charge in [0, 0.05) is 28.7 Å². The van der Waals surface area contributed by atoms with Crippen molar-refractivity contribution in [2.24, 2.45) is 0 Å². The Bertz CT molecular complexity index is 1010. The van der Waals surface area contributed by atoms with Crippen LogP contribution in [0, 0.1) is 0 Å². The van der Waals surface area contributed by atoms with Gasteiger partial charge in [0.05, 0.1) is 6.61 Å². The Morgan fingerprint density at radius 3 is 2.31 bits per heavy atom. The second-order valence-electron chi connectivity index (χ2n) is 7.26. The first-order valence-corrected chi connectivity index (χ1v) is 13.0. The van der Waals surface area contributed by atoms with E-state index in [9.17, 15) is 4.79 Å². The Labute approximate surface area is 193 Å². The number of hydrogen-bond acceptors (Lipinski definition) is 4. The monoisotopic (exact) mass is 477 g/mol. The fraction of sp³-hybridized carbons (Fsp3) is 0.292. The van der Waals surface area contributed by atoms with Crippen LogP contribution in [0.3, 0.4) is 0 Å². The largest absolute Gasteiger partial charge is 0.464 e. The van der Waals surface area contributed by atoms with Gasteiger partial charge in [-0.25, -0.2) is 9.36 Å². The second-order valence-corrected chi connectivity index (χ2v) is 9.53. The van der Waals surface area contributed by atoms with Crippen LogP contribution >= 0.6 is 18.2 Å². The lowest BCUT2D eigenvalue weighted by atomic mass is 10.0. The molecule has 0 aliphatic rings. The predicted octanol–water partition coefficient (Wildman–Crippen LogP) is 5.91. The molecule has 0 bridgehead atoms. The molecule has 0 heterocycles. The minimum absolute atomic E-state index is 0.192. The maximum atomic E-state index is 12.8. The van der Waals surface area contributed by atoms with E-state index in [2.05, 4.69) is 41.7 Å². The molecule has 0 aliphatic carbocycles. The lowest BCUT2D eigenvalue weighted by molar-refractivity contribution is -0.144. The molecule has 3 aromatic carbocycles. The number of anilines is 1. The molecule has 0 spiro atoms. The number of hydrogen-bond donors (Lipinski definition) is 3. The Morgan fingerprint density at radius 1 is 1.00 bits per heavy atom. The van der Waals surface area contributed by atoms with Crippen molar-refractivity contribution >= 4 is 40.6 Å². The van der Waals surface area contributed by atoms with Gasteiger partial charge in [0.1, 0.15) is 6.04 Å². The highest BCUT2D eigenvalue weighted by molar-refractivity contribution is 7.79. The van der Waals surface area contributed by atoms with Crippen LogP contribution < -0.4 is 5.32 Å². The number of carbonyl (C=O) groups excluding carboxylic acids is 1. The molecule has 3 aromatic rings. The van der Waals surface area contributed by atoms with Crippen molar-refractivity contribution < 1.29 is 23.9 Å². The topological polar surface area (TPSA) is 95.9 Å². The third kappa shape index (κ3) is 9.84. The van der Waals surface area contributed by atoms with Crippen molar-refractivity contribution in [3.63, 3.8) is 0 Å². The van der Waals surface area contributed by atoms with E-state index in [0.29, 0.717) is 13.0 Å². The molecule has 1 unspecified atom stereocenters. The number of carbonyl (C=O) groups is 1. The molecule has 8 heteroatoms. The summed E-state index contributed by atoms with van der Waals surface area (Å²) in [6, 6.07) is 24.0. The molecule has 0 aliphatic heterocycles. The summed E-state index contributed by atoms with van der Waals surface area (Å²) in [7, 11) is 0. The summed E-state index contributed by atoms with van der Waals surface area (Å²) in [4.78, 5) is 27.6. The Hall–Kier alpha value is -2.37. The molecule has 0 radical (unpaired) electrons. The predicted molar refractivity (Wildman–Crippen MR) is 130 cm³/mol. The molecule has 1 atom stereocenters. The summed E-state index contributed by atoms with van der Waals surface area (Å²) in [5.41, 5.74) is 2.07. The van der Waals surface area contributed by atoms with Crippen LogP contribution in [0.1, 0.15) is 31.7 Å². The molecular formula is C24H29ClNO5P. The maximum absolute atomic E-state index is 12.8. The third-order valence-corrected chi connectivity index (χ3v) is 4.68. The average Bonchev–Trinajstić information content (AvgIpc) is 2.76. The van der Waals surface area contributed by atoms with Gasteiger partial charge in [-0.3, -0.25) is 0 Å². The summed E-state index contributed by atoms with van der Waals surface area (Å²) in [6.07, 6.45) is 3.69. The second kappa shape index (κ2) is 13.2. The van der Waals surface area contributed by atoms with Crippen LogP contribution in [0.2, 0.25) is 0 Å². The van der Waals surface area contributed by atoms with Crippen LogP contribution in [-0.4, -0.2) is 28.4 Å². The molecule has 0 amide bonds. The first-order valence-electron chi connectivity index (χ1n) is 10.5. The summed E-state index contributed by atoms with van der Waals surface area (Å²) in [5.74, 6) is -0.192. The normalized spacial score (nSPS) is 11.9. The number of unbranched alkanes of at least 4 members (excludes halogenated alkanes) is 2. The Kier molecular flexibility index (Phi) is 10.7. The van der Waals surface area contributed by atoms with Gasteiger partial charge in [0.25, 0.3) is 0 Å². The summed E-state index contributed by atoms with van der Waals surface area (Å²) in [5, 5.41) is 5.70. The van der Waals surface area contributed by atoms with Crippen molar-refractivity contribution in [3.8, 4) is 0 Å². The highest BCUT2D eigenvalue weighted by Gasteiger charge is 2.21. The summed E-state index contributed by atoms with van der Waals surface area (Å²) in [6.45, 7) is -1.54. The number of halogens is 1. The van der Waals surface area contributed by atoms with E-state index in [1.54, 1.807) is 0 Å². The smallest absolute Gasteiger partial charge is 0.419 e. The van der Waals surface area contributed by atoms with Crippen LogP contribution in [0.5, 0.6) is 0 Å². The lowest BCUT2D eigenvalue weighted by Gasteiger charge is -2.20. The number of ether oxygens (including phenoxy) is 1. The minimum atomic E-state index is -4.17. The number of fused-ring (bicyclic) bond motifs is 1. The van der Waals surface area contributed by atoms with Crippen molar-refractivity contribution in [3.05, 3.63) is 78.4 Å². The molecule has 172 valence electrons. The summed E-state index contributed by atoms with van der Waals surface area (Å²) >= 11 is 4.20. The lowest BCUT2D eigenvalue weighted by Crippen LogP contribution is -2.33. The van der Waals surface area contributed by atoms with Gasteiger partial charge >= 0.3 is 12.9 Å². The van der Waals surface area contributed by atoms with Crippen molar-refractivity contribution in [1.82, 2.24) is 0 Å². The first-order chi connectivity index (χ1) is 15.3. The Morgan fingerprint density at radius 2 is 1.62 bits per heavy atom. The zero-order valence-electron chi connectivity index (χ0n) is 18.0. The quantitative estimate of drug-likeness (QED) is 0.201. The number of rotatable bonds is 9. The van der Waals surface area contributed by atoms with Gasteiger partial charge in [-0.15, -0.1) is 0 Å².